The van der Waals surface area contributed by atoms with E-state index < -0.39 is 76.0 Å². The van der Waals surface area contributed by atoms with Crippen LogP contribution in [0.2, 0.25) is 0 Å². The third-order valence-corrected chi connectivity index (χ3v) is 15.0. The third-order valence-electron chi connectivity index (χ3n) is 15.0. The highest BCUT2D eigenvalue weighted by molar-refractivity contribution is 5.95. The largest absolute Gasteiger partial charge is 0.496 e. The van der Waals surface area contributed by atoms with Crippen LogP contribution in [0.3, 0.4) is 0 Å². The summed E-state index contributed by atoms with van der Waals surface area (Å²) in [6.45, 7) is 4.74. The zero-order valence-corrected chi connectivity index (χ0v) is 34.2. The fraction of sp³-hybridized carbons (Fsp3) is 0.568. The van der Waals surface area contributed by atoms with Crippen LogP contribution in [-0.4, -0.2) is 122 Å². The zero-order chi connectivity index (χ0) is 42.0. The molecule has 6 aliphatic rings. The average molecular weight is 821 g/mol. The lowest BCUT2D eigenvalue weighted by Crippen LogP contribution is -2.81. The smallest absolute Gasteiger partial charge is 0.393 e. The number of halogens is 3. The Morgan fingerprint density at radius 2 is 1.76 bits per heavy atom. The molecule has 2 aromatic carbocycles. The number of alkyl halides is 3. The monoisotopic (exact) mass is 820 g/mol. The molecule has 1 aliphatic carbocycles. The zero-order valence-electron chi connectivity index (χ0n) is 34.2. The summed E-state index contributed by atoms with van der Waals surface area (Å²) < 4.78 is 67.5. The number of anilines is 1. The molecule has 3 aromatic rings. The van der Waals surface area contributed by atoms with E-state index in [2.05, 4.69) is 9.88 Å². The third kappa shape index (κ3) is 5.16. The molecular weight excluding hydrogens is 769 g/mol. The van der Waals surface area contributed by atoms with Crippen molar-refractivity contribution in [2.45, 2.75) is 86.9 Å². The predicted octanol–water partition coefficient (Wildman–Crippen LogP) is 4.99. The predicted molar refractivity (Wildman–Crippen MR) is 210 cm³/mol. The SMILES string of the molecule is CC[C@]12C=CCN3CC[C@@]4(c5cc([C@@]6(C(=O)OC)C[C@H]7C[C@@H](C(F)(F)F)CN(Cc8c6[nH]c6ccccc86)C7)c(OC)cc5N(C)[C@H]4[C@@](O)(C(=O)OC)[C@@H]1OC(C)=O)[C@@H]32. The number of aromatic nitrogens is 1. The van der Waals surface area contributed by atoms with Crippen molar-refractivity contribution in [1.82, 2.24) is 14.8 Å². The van der Waals surface area contributed by atoms with E-state index in [1.807, 2.05) is 65.3 Å². The molecule has 0 radical (unpaired) electrons. The molecule has 0 amide bonds. The second kappa shape index (κ2) is 13.5. The van der Waals surface area contributed by atoms with Crippen molar-refractivity contribution in [3.8, 4) is 5.75 Å². The average Bonchev–Trinajstić information content (AvgIpc) is 3.86. The topological polar surface area (TPSA) is 134 Å². The van der Waals surface area contributed by atoms with Crippen LogP contribution >= 0.6 is 0 Å². The molecule has 12 nitrogen and oxygen atoms in total. The number of carbonyl (C=O) groups excluding carboxylic acids is 3. The summed E-state index contributed by atoms with van der Waals surface area (Å²) in [5, 5.41) is 14.0. The number of H-pyrrole nitrogens is 1. The van der Waals surface area contributed by atoms with Crippen LogP contribution in [0.15, 0.2) is 48.6 Å². The van der Waals surface area contributed by atoms with Crippen LogP contribution < -0.4 is 9.64 Å². The molecule has 5 aliphatic heterocycles. The number of nitrogens with zero attached hydrogens (tertiary/aromatic N) is 3. The van der Waals surface area contributed by atoms with Gasteiger partial charge in [0.1, 0.15) is 11.2 Å². The number of hydrogen-bond acceptors (Lipinski definition) is 11. The number of aliphatic hydroxyl groups is 1. The fourth-order valence-electron chi connectivity index (χ4n) is 13.1. The number of benzene rings is 2. The number of aromatic amines is 1. The van der Waals surface area contributed by atoms with Gasteiger partial charge in [-0.15, -0.1) is 0 Å². The van der Waals surface area contributed by atoms with Gasteiger partial charge in [-0.3, -0.25) is 19.4 Å². The number of likely N-dealkylation sites (N-methyl/N-ethyl adjacent to an activating group) is 1. The molecule has 2 N–H and O–H groups in total. The van der Waals surface area contributed by atoms with Crippen LogP contribution in [0.25, 0.3) is 10.9 Å². The number of nitrogens with one attached hydrogen (secondary N) is 1. The van der Waals surface area contributed by atoms with Crippen molar-refractivity contribution in [2.24, 2.45) is 17.3 Å². The minimum Gasteiger partial charge on any atom is -0.496 e. The Hall–Kier alpha value is -4.60. The van der Waals surface area contributed by atoms with Crippen LogP contribution in [0.1, 0.15) is 61.9 Å². The lowest BCUT2D eigenvalue weighted by atomic mass is 9.47. The number of rotatable bonds is 6. The summed E-state index contributed by atoms with van der Waals surface area (Å²) in [5.41, 5.74) is -2.38. The quantitative estimate of drug-likeness (QED) is 0.198. The molecule has 59 heavy (non-hydrogen) atoms. The standard InChI is InChI=1S/C44H51F3N4O8/c1-7-40-13-10-15-51-16-14-41(35(40)51)29-18-30(33(56-4)19-32(29)49(3)36(41)43(55,39(54)58-6)37(40)59-24(2)52)42(38(53)57-5)20-25-17-26(44(45,46)47)22-50(21-25)23-28-27-11-8-9-12-31(27)48-34(28)42/h8-13,18-19,25-26,35-37,48,55H,7,14-17,20-23H2,1-6H3/t25-,26-,35+,36-,37-,40-,41-,42+,43+/m1/s1. The lowest BCUT2D eigenvalue weighted by molar-refractivity contribution is -0.228. The van der Waals surface area contributed by atoms with Gasteiger partial charge in [0.15, 0.2) is 6.10 Å². The van der Waals surface area contributed by atoms with Crippen molar-refractivity contribution in [3.63, 3.8) is 0 Å². The summed E-state index contributed by atoms with van der Waals surface area (Å²) in [5.74, 6) is -4.11. The molecule has 10 atom stereocenters. The van der Waals surface area contributed by atoms with E-state index in [4.69, 9.17) is 18.9 Å². The highest BCUT2D eigenvalue weighted by atomic mass is 19.4. The maximum Gasteiger partial charge on any atom is 0.393 e. The van der Waals surface area contributed by atoms with Crippen LogP contribution in [0.4, 0.5) is 18.9 Å². The van der Waals surface area contributed by atoms with Gasteiger partial charge in [-0.05, 0) is 61.4 Å². The maximum atomic E-state index is 15.1. The molecular formula is C44H51F3N4O8. The molecule has 6 heterocycles. The first-order valence-electron chi connectivity index (χ1n) is 20.4. The Balaban J connectivity index is 1.35. The molecule has 1 spiro atoms. The van der Waals surface area contributed by atoms with Crippen LogP contribution in [-0.2, 0) is 46.0 Å². The first kappa shape index (κ1) is 39.8. The summed E-state index contributed by atoms with van der Waals surface area (Å²) in [6.07, 6.45) is -1.10. The minimum atomic E-state index is -4.44. The van der Waals surface area contributed by atoms with Gasteiger partial charge in [0.05, 0.1) is 33.3 Å². The van der Waals surface area contributed by atoms with E-state index in [9.17, 15) is 27.9 Å². The fourth-order valence-corrected chi connectivity index (χ4v) is 13.1. The first-order valence-corrected chi connectivity index (χ1v) is 20.4. The number of ether oxygens (including phenoxy) is 4. The number of hydrogen-bond donors (Lipinski definition) is 2. The summed E-state index contributed by atoms with van der Waals surface area (Å²) >= 11 is 0. The van der Waals surface area contributed by atoms with Gasteiger partial charge in [0, 0.05) is 90.9 Å². The van der Waals surface area contributed by atoms with Gasteiger partial charge in [0.25, 0.3) is 0 Å². The molecule has 15 heteroatoms. The Bertz CT molecular complexity index is 2280. The van der Waals surface area contributed by atoms with E-state index >= 15 is 4.79 Å². The van der Waals surface area contributed by atoms with Gasteiger partial charge in [0.2, 0.25) is 5.60 Å². The molecule has 9 rings (SSSR count). The number of methoxy groups -OCH3 is 3. The van der Waals surface area contributed by atoms with E-state index in [1.54, 1.807) is 7.05 Å². The number of esters is 3. The number of carbonyl (C=O) groups is 3. The van der Waals surface area contributed by atoms with Gasteiger partial charge in [-0.1, -0.05) is 37.3 Å². The number of para-hydroxylation sites is 1. The van der Waals surface area contributed by atoms with E-state index in [-0.39, 0.29) is 25.9 Å². The van der Waals surface area contributed by atoms with Crippen LogP contribution in [0.5, 0.6) is 5.75 Å². The van der Waals surface area contributed by atoms with Crippen molar-refractivity contribution in [3.05, 3.63) is 70.9 Å². The highest BCUT2D eigenvalue weighted by Crippen LogP contribution is 2.68. The van der Waals surface area contributed by atoms with Crippen molar-refractivity contribution in [2.75, 3.05) is 59.5 Å². The summed E-state index contributed by atoms with van der Waals surface area (Å²) in [4.78, 5) is 52.0. The Morgan fingerprint density at radius 3 is 2.44 bits per heavy atom. The molecule has 1 unspecified atom stereocenters. The van der Waals surface area contributed by atoms with E-state index in [0.29, 0.717) is 60.7 Å². The Labute approximate surface area is 340 Å². The van der Waals surface area contributed by atoms with Crippen molar-refractivity contribution < 1.29 is 51.6 Å². The van der Waals surface area contributed by atoms with Crippen molar-refractivity contribution in [1.29, 1.82) is 0 Å². The Kier molecular flexibility index (Phi) is 9.08. The number of fused-ring (bicyclic) bond motifs is 6. The number of piperidine rings is 1. The summed E-state index contributed by atoms with van der Waals surface area (Å²) in [6, 6.07) is 9.88. The van der Waals surface area contributed by atoms with Gasteiger partial charge in [-0.2, -0.15) is 13.2 Å². The second-order valence-corrected chi connectivity index (χ2v) is 17.6. The van der Waals surface area contributed by atoms with Gasteiger partial charge >= 0.3 is 24.1 Å². The lowest BCUT2D eigenvalue weighted by Gasteiger charge is -2.63. The molecule has 2 bridgehead atoms. The van der Waals surface area contributed by atoms with Crippen LogP contribution in [0, 0.1) is 17.3 Å². The Morgan fingerprint density at radius 1 is 1.02 bits per heavy atom. The van der Waals surface area contributed by atoms with E-state index in [0.717, 1.165) is 16.5 Å². The molecule has 316 valence electrons. The highest BCUT2D eigenvalue weighted by Gasteiger charge is 2.80. The maximum absolute atomic E-state index is 15.1. The first-order chi connectivity index (χ1) is 28.1. The molecule has 3 fully saturated rings. The summed E-state index contributed by atoms with van der Waals surface area (Å²) in [7, 11) is 5.77. The van der Waals surface area contributed by atoms with Crippen molar-refractivity contribution >= 4 is 34.5 Å². The second-order valence-electron chi connectivity index (χ2n) is 17.6. The van der Waals surface area contributed by atoms with Gasteiger partial charge < -0.3 is 33.9 Å². The minimum absolute atomic E-state index is 0.0121. The van der Waals surface area contributed by atoms with Gasteiger partial charge in [-0.25, -0.2) is 4.79 Å². The van der Waals surface area contributed by atoms with E-state index in [1.165, 1.54) is 28.3 Å². The molecule has 2 saturated heterocycles. The molecule has 1 aromatic heterocycles. The molecule has 1 saturated carbocycles. The normalized spacial score (nSPS) is 35.8.